The van der Waals surface area contributed by atoms with Crippen molar-refractivity contribution in [1.82, 2.24) is 4.57 Å². The number of hydrogen-bond donors (Lipinski definition) is 0. The number of carbonyl (C=O) groups is 2. The predicted octanol–water partition coefficient (Wildman–Crippen LogP) is 4.50. The van der Waals surface area contributed by atoms with Crippen LogP contribution in [-0.4, -0.2) is 36.5 Å². The van der Waals surface area contributed by atoms with Crippen LogP contribution in [0.25, 0.3) is 0 Å². The number of anilines is 1. The van der Waals surface area contributed by atoms with Crippen molar-refractivity contribution in [3.05, 3.63) is 88.3 Å². The number of amides is 1. The van der Waals surface area contributed by atoms with Crippen molar-refractivity contribution in [2.45, 2.75) is 32.4 Å². The Morgan fingerprint density at radius 1 is 1.03 bits per heavy atom. The minimum absolute atomic E-state index is 0.0583. The summed E-state index contributed by atoms with van der Waals surface area (Å²) in [5.41, 5.74) is 1.12. The Bertz CT molecular complexity index is 1290. The Morgan fingerprint density at radius 3 is 2.31 bits per heavy atom. The van der Waals surface area contributed by atoms with E-state index in [1.807, 2.05) is 19.1 Å². The summed E-state index contributed by atoms with van der Waals surface area (Å²) in [6.45, 7) is -0.415. The fraction of sp³-hybridized carbons (Fsp3) is 0.296. The van der Waals surface area contributed by atoms with Crippen LogP contribution in [0, 0.1) is 5.92 Å². The summed E-state index contributed by atoms with van der Waals surface area (Å²) in [6.07, 6.45) is 1.56. The van der Waals surface area contributed by atoms with Gasteiger partial charge in [0.2, 0.25) is 5.91 Å². The summed E-state index contributed by atoms with van der Waals surface area (Å²) in [4.78, 5) is 41.1. The molecule has 0 spiro atoms. The second-order valence-electron chi connectivity index (χ2n) is 8.45. The maximum Gasteiger partial charge on any atom is 0.387 e. The average Bonchev–Trinajstić information content (AvgIpc) is 3.19. The number of halogens is 2. The standard InChI is InChI=1S/C27H26F2N2O5/c1-3-30-14-4-5-23(26(30)34)31-16-22(17-6-10-19(35-2)11-7-17)21(25(31)33)15-24(32)18-8-12-20(13-9-18)36-27(28)29/h4-14,21-22,27H,3,15-16H2,1-2H3/t21-,22-/m0/s1. The first kappa shape index (κ1) is 25.1. The second kappa shape index (κ2) is 10.7. The fourth-order valence-electron chi connectivity index (χ4n) is 4.54. The number of benzene rings is 2. The number of alkyl halides is 2. The Labute approximate surface area is 206 Å². The third kappa shape index (κ3) is 5.15. The van der Waals surface area contributed by atoms with Crippen molar-refractivity contribution in [2.75, 3.05) is 18.6 Å². The van der Waals surface area contributed by atoms with Gasteiger partial charge in [-0.2, -0.15) is 8.78 Å². The van der Waals surface area contributed by atoms with Crippen LogP contribution in [-0.2, 0) is 11.3 Å². The van der Waals surface area contributed by atoms with Gasteiger partial charge in [0.1, 0.15) is 17.2 Å². The van der Waals surface area contributed by atoms with E-state index in [-0.39, 0.29) is 53.1 Å². The van der Waals surface area contributed by atoms with Crippen molar-refractivity contribution < 1.29 is 27.8 Å². The molecule has 0 unspecified atom stereocenters. The third-order valence-corrected chi connectivity index (χ3v) is 6.43. The molecule has 2 aromatic carbocycles. The van der Waals surface area contributed by atoms with E-state index in [0.29, 0.717) is 12.3 Å². The molecular formula is C27H26F2N2O5. The zero-order chi connectivity index (χ0) is 25.8. The number of nitrogens with zero attached hydrogens (tertiary/aromatic N) is 2. The molecule has 36 heavy (non-hydrogen) atoms. The first-order valence-electron chi connectivity index (χ1n) is 11.5. The van der Waals surface area contributed by atoms with E-state index in [4.69, 9.17) is 4.74 Å². The van der Waals surface area contributed by atoms with Gasteiger partial charge >= 0.3 is 6.61 Å². The van der Waals surface area contributed by atoms with E-state index in [1.54, 1.807) is 37.6 Å². The van der Waals surface area contributed by atoms with E-state index < -0.39 is 12.5 Å². The number of ether oxygens (including phenoxy) is 2. The van der Waals surface area contributed by atoms with E-state index in [0.717, 1.165) is 5.56 Å². The molecule has 0 N–H and O–H groups in total. The molecule has 9 heteroatoms. The highest BCUT2D eigenvalue weighted by atomic mass is 19.3. The van der Waals surface area contributed by atoms with Crippen molar-refractivity contribution in [3.63, 3.8) is 0 Å². The molecule has 7 nitrogen and oxygen atoms in total. The van der Waals surface area contributed by atoms with Crippen LogP contribution in [0.15, 0.2) is 71.7 Å². The van der Waals surface area contributed by atoms with Crippen LogP contribution in [0.5, 0.6) is 11.5 Å². The van der Waals surface area contributed by atoms with E-state index in [1.165, 1.54) is 33.7 Å². The van der Waals surface area contributed by atoms with Crippen molar-refractivity contribution in [3.8, 4) is 11.5 Å². The Morgan fingerprint density at radius 2 is 1.69 bits per heavy atom. The molecule has 4 rings (SSSR count). The third-order valence-electron chi connectivity index (χ3n) is 6.43. The second-order valence-corrected chi connectivity index (χ2v) is 8.45. The molecule has 2 atom stereocenters. The summed E-state index contributed by atoms with van der Waals surface area (Å²) < 4.78 is 36.0. The van der Waals surface area contributed by atoms with Gasteiger partial charge in [-0.3, -0.25) is 14.4 Å². The van der Waals surface area contributed by atoms with Crippen LogP contribution >= 0.6 is 0 Å². The molecule has 188 valence electrons. The molecule has 0 bridgehead atoms. The maximum absolute atomic E-state index is 13.6. The molecule has 0 saturated carbocycles. The lowest BCUT2D eigenvalue weighted by Crippen LogP contribution is -2.34. The predicted molar refractivity (Wildman–Crippen MR) is 130 cm³/mol. The summed E-state index contributed by atoms with van der Waals surface area (Å²) in [6, 6.07) is 16.0. The first-order chi connectivity index (χ1) is 17.3. The monoisotopic (exact) mass is 496 g/mol. The molecule has 1 aromatic heterocycles. The quantitative estimate of drug-likeness (QED) is 0.408. The molecule has 3 aromatic rings. The number of pyridine rings is 1. The molecule has 1 aliphatic rings. The molecule has 1 amide bonds. The van der Waals surface area contributed by atoms with Crippen LogP contribution in [0.3, 0.4) is 0 Å². The minimum Gasteiger partial charge on any atom is -0.497 e. The van der Waals surface area contributed by atoms with Crippen LogP contribution in [0.4, 0.5) is 14.5 Å². The Hall–Kier alpha value is -4.01. The van der Waals surface area contributed by atoms with Crippen LogP contribution in [0.2, 0.25) is 0 Å². The van der Waals surface area contributed by atoms with Gasteiger partial charge in [-0.25, -0.2) is 0 Å². The van der Waals surface area contributed by atoms with E-state index in [9.17, 15) is 23.2 Å². The van der Waals surface area contributed by atoms with Crippen molar-refractivity contribution >= 4 is 17.4 Å². The van der Waals surface area contributed by atoms with Crippen molar-refractivity contribution in [1.29, 1.82) is 0 Å². The molecule has 2 heterocycles. The first-order valence-corrected chi connectivity index (χ1v) is 11.5. The fourth-order valence-corrected chi connectivity index (χ4v) is 4.54. The van der Waals surface area contributed by atoms with Crippen LogP contribution < -0.4 is 19.9 Å². The normalized spacial score (nSPS) is 17.5. The molecule has 1 saturated heterocycles. The number of ketones is 1. The molecule has 0 radical (unpaired) electrons. The number of methoxy groups -OCH3 is 1. The zero-order valence-corrected chi connectivity index (χ0v) is 19.9. The molecule has 1 fully saturated rings. The summed E-state index contributed by atoms with van der Waals surface area (Å²) in [5, 5.41) is 0. The lowest BCUT2D eigenvalue weighted by Gasteiger charge is -2.17. The van der Waals surface area contributed by atoms with E-state index >= 15 is 0 Å². The number of aryl methyl sites for hydroxylation is 1. The lowest BCUT2D eigenvalue weighted by atomic mass is 9.84. The van der Waals surface area contributed by atoms with Gasteiger partial charge in [0.25, 0.3) is 5.56 Å². The molecule has 0 aliphatic carbocycles. The highest BCUT2D eigenvalue weighted by Crippen LogP contribution is 2.38. The van der Waals surface area contributed by atoms with Gasteiger partial charge in [-0.05, 0) is 61.0 Å². The van der Waals surface area contributed by atoms with Gasteiger partial charge in [-0.1, -0.05) is 12.1 Å². The number of hydrogen-bond acceptors (Lipinski definition) is 5. The number of carbonyl (C=O) groups excluding carboxylic acids is 2. The van der Waals surface area contributed by atoms with Crippen LogP contribution in [0.1, 0.15) is 35.2 Å². The van der Waals surface area contributed by atoms with Gasteiger partial charge in [0, 0.05) is 37.2 Å². The molecule has 1 aliphatic heterocycles. The topological polar surface area (TPSA) is 77.8 Å². The lowest BCUT2D eigenvalue weighted by molar-refractivity contribution is -0.120. The summed E-state index contributed by atoms with van der Waals surface area (Å²) in [5.74, 6) is -1.07. The number of Topliss-reactive ketones (excluding diaryl/α,β-unsaturated/α-hetero) is 1. The minimum atomic E-state index is -2.96. The van der Waals surface area contributed by atoms with Crippen molar-refractivity contribution in [2.24, 2.45) is 5.92 Å². The maximum atomic E-state index is 13.6. The van der Waals surface area contributed by atoms with Gasteiger partial charge < -0.3 is 18.9 Å². The van der Waals surface area contributed by atoms with Gasteiger partial charge in [-0.15, -0.1) is 0 Å². The summed E-state index contributed by atoms with van der Waals surface area (Å²) >= 11 is 0. The number of rotatable bonds is 9. The number of aromatic nitrogens is 1. The van der Waals surface area contributed by atoms with Gasteiger partial charge in [0.05, 0.1) is 13.0 Å². The molecular weight excluding hydrogens is 470 g/mol. The average molecular weight is 497 g/mol. The zero-order valence-electron chi connectivity index (χ0n) is 19.9. The highest BCUT2D eigenvalue weighted by molar-refractivity contribution is 6.04. The highest BCUT2D eigenvalue weighted by Gasteiger charge is 2.43. The SMILES string of the molecule is CCn1cccc(N2C[C@@H](c3ccc(OC)cc3)[C@H](CC(=O)c3ccc(OC(F)F)cc3)C2=O)c1=O. The van der Waals surface area contributed by atoms with Gasteiger partial charge in [0.15, 0.2) is 5.78 Å². The smallest absolute Gasteiger partial charge is 0.387 e. The Kier molecular flexibility index (Phi) is 7.47. The Balaban J connectivity index is 1.65. The largest absolute Gasteiger partial charge is 0.497 e. The summed E-state index contributed by atoms with van der Waals surface area (Å²) in [7, 11) is 1.56. The van der Waals surface area contributed by atoms with E-state index in [2.05, 4.69) is 4.74 Å².